The first-order valence-electron chi connectivity index (χ1n) is 7.55. The molecule has 0 unspecified atom stereocenters. The predicted octanol–water partition coefficient (Wildman–Crippen LogP) is 4.11. The van der Waals surface area contributed by atoms with Crippen LogP contribution >= 0.6 is 11.6 Å². The average molecular weight is 349 g/mol. The molecule has 2 N–H and O–H groups in total. The number of methoxy groups -OCH3 is 2. The Morgan fingerprint density at radius 3 is 2.58 bits per heavy atom. The third-order valence-electron chi connectivity index (χ3n) is 3.55. The maximum absolute atomic E-state index is 12.1. The molecular formula is C18H21ClN2O3. The monoisotopic (exact) mass is 348 g/mol. The first-order valence-corrected chi connectivity index (χ1v) is 7.93. The van der Waals surface area contributed by atoms with E-state index in [1.54, 1.807) is 32.4 Å². The fraction of sp³-hybridized carbons (Fsp3) is 0.278. The van der Waals surface area contributed by atoms with Crippen LogP contribution in [0.25, 0.3) is 0 Å². The number of nitrogens with one attached hydrogen (secondary N) is 2. The first kappa shape index (κ1) is 17.9. The smallest absolute Gasteiger partial charge is 0.226 e. The van der Waals surface area contributed by atoms with Crippen LogP contribution in [0.5, 0.6) is 11.5 Å². The number of rotatable bonds is 7. The molecule has 0 atom stereocenters. The van der Waals surface area contributed by atoms with E-state index in [9.17, 15) is 4.79 Å². The molecule has 1 amide bonds. The lowest BCUT2D eigenvalue weighted by molar-refractivity contribution is -0.116. The van der Waals surface area contributed by atoms with Gasteiger partial charge in [0.25, 0.3) is 0 Å². The van der Waals surface area contributed by atoms with Crippen LogP contribution in [-0.4, -0.2) is 26.7 Å². The van der Waals surface area contributed by atoms with E-state index in [-0.39, 0.29) is 5.91 Å². The van der Waals surface area contributed by atoms with Gasteiger partial charge in [0.15, 0.2) is 0 Å². The second-order valence-electron chi connectivity index (χ2n) is 5.25. The van der Waals surface area contributed by atoms with Crippen LogP contribution in [0.4, 0.5) is 11.4 Å². The maximum Gasteiger partial charge on any atom is 0.226 e. The summed E-state index contributed by atoms with van der Waals surface area (Å²) in [6.45, 7) is 2.49. The lowest BCUT2D eigenvalue weighted by Gasteiger charge is -2.13. The molecule has 128 valence electrons. The molecule has 0 aliphatic carbocycles. The van der Waals surface area contributed by atoms with E-state index in [2.05, 4.69) is 10.6 Å². The van der Waals surface area contributed by atoms with Crippen molar-refractivity contribution in [3.8, 4) is 11.5 Å². The summed E-state index contributed by atoms with van der Waals surface area (Å²) in [7, 11) is 3.13. The Balaban J connectivity index is 1.90. The Hall–Kier alpha value is -2.40. The van der Waals surface area contributed by atoms with Crippen LogP contribution < -0.4 is 20.1 Å². The van der Waals surface area contributed by atoms with E-state index in [0.717, 1.165) is 11.3 Å². The molecule has 2 rings (SSSR count). The quantitative estimate of drug-likeness (QED) is 0.790. The van der Waals surface area contributed by atoms with Crippen molar-refractivity contribution in [3.63, 3.8) is 0 Å². The standard InChI is InChI=1S/C18H21ClN2O3/c1-12-4-5-13(19)10-16(12)20-9-8-18(22)21-15-7-6-14(23-2)11-17(15)24-3/h4-7,10-11,20H,8-9H2,1-3H3,(H,21,22). The number of hydrogen-bond acceptors (Lipinski definition) is 4. The zero-order chi connectivity index (χ0) is 17.5. The summed E-state index contributed by atoms with van der Waals surface area (Å²) < 4.78 is 10.4. The summed E-state index contributed by atoms with van der Waals surface area (Å²) in [5, 5.41) is 6.72. The predicted molar refractivity (Wildman–Crippen MR) is 97.5 cm³/mol. The van der Waals surface area contributed by atoms with Crippen molar-refractivity contribution in [1.82, 2.24) is 0 Å². The van der Waals surface area contributed by atoms with Crippen molar-refractivity contribution < 1.29 is 14.3 Å². The topological polar surface area (TPSA) is 59.6 Å². The van der Waals surface area contributed by atoms with Gasteiger partial charge in [-0.3, -0.25) is 4.79 Å². The zero-order valence-electron chi connectivity index (χ0n) is 14.0. The molecule has 0 saturated heterocycles. The number of hydrogen-bond donors (Lipinski definition) is 2. The van der Waals surface area contributed by atoms with Crippen LogP contribution in [0.3, 0.4) is 0 Å². The van der Waals surface area contributed by atoms with Crippen LogP contribution in [0.15, 0.2) is 36.4 Å². The van der Waals surface area contributed by atoms with Crippen molar-refractivity contribution in [2.75, 3.05) is 31.4 Å². The molecule has 0 aliphatic heterocycles. The molecule has 2 aromatic carbocycles. The van der Waals surface area contributed by atoms with Crippen molar-refractivity contribution in [3.05, 3.63) is 47.0 Å². The van der Waals surface area contributed by atoms with Gasteiger partial charge in [-0.25, -0.2) is 0 Å². The molecule has 0 saturated carbocycles. The minimum absolute atomic E-state index is 0.106. The van der Waals surface area contributed by atoms with Crippen molar-refractivity contribution >= 4 is 28.9 Å². The normalized spacial score (nSPS) is 10.2. The Morgan fingerprint density at radius 1 is 1.08 bits per heavy atom. The van der Waals surface area contributed by atoms with Crippen molar-refractivity contribution in [2.24, 2.45) is 0 Å². The summed E-state index contributed by atoms with van der Waals surface area (Å²) in [5.74, 6) is 1.12. The molecule has 0 bridgehead atoms. The highest BCUT2D eigenvalue weighted by Gasteiger charge is 2.09. The number of carbonyl (C=O) groups excluding carboxylic acids is 1. The van der Waals surface area contributed by atoms with Gasteiger partial charge >= 0.3 is 0 Å². The van der Waals surface area contributed by atoms with Gasteiger partial charge < -0.3 is 20.1 Å². The van der Waals surface area contributed by atoms with E-state index >= 15 is 0 Å². The fourth-order valence-electron chi connectivity index (χ4n) is 2.21. The van der Waals surface area contributed by atoms with Gasteiger partial charge in [0.05, 0.1) is 19.9 Å². The molecule has 0 aromatic heterocycles. The highest BCUT2D eigenvalue weighted by atomic mass is 35.5. The number of aryl methyl sites for hydroxylation is 1. The minimum Gasteiger partial charge on any atom is -0.497 e. The average Bonchev–Trinajstić information content (AvgIpc) is 2.58. The summed E-state index contributed by atoms with van der Waals surface area (Å²) in [6, 6.07) is 10.9. The first-order chi connectivity index (χ1) is 11.5. The summed E-state index contributed by atoms with van der Waals surface area (Å²) in [5.41, 5.74) is 2.62. The van der Waals surface area contributed by atoms with E-state index in [0.29, 0.717) is 35.2 Å². The van der Waals surface area contributed by atoms with Crippen LogP contribution in [0.2, 0.25) is 5.02 Å². The van der Waals surface area contributed by atoms with E-state index in [1.807, 2.05) is 25.1 Å². The number of ether oxygens (including phenoxy) is 2. The van der Waals surface area contributed by atoms with Crippen LogP contribution in [0, 0.1) is 6.92 Å². The summed E-state index contributed by atoms with van der Waals surface area (Å²) in [6.07, 6.45) is 0.321. The number of benzene rings is 2. The van der Waals surface area contributed by atoms with Gasteiger partial charge in [0.2, 0.25) is 5.91 Å². The molecule has 2 aromatic rings. The molecule has 0 aliphatic rings. The fourth-order valence-corrected chi connectivity index (χ4v) is 2.38. The largest absolute Gasteiger partial charge is 0.497 e. The Labute approximate surface area is 146 Å². The number of halogens is 1. The molecule has 6 heteroatoms. The molecule has 0 fully saturated rings. The summed E-state index contributed by atoms with van der Waals surface area (Å²) in [4.78, 5) is 12.1. The highest BCUT2D eigenvalue weighted by Crippen LogP contribution is 2.29. The minimum atomic E-state index is -0.106. The molecule has 5 nitrogen and oxygen atoms in total. The zero-order valence-corrected chi connectivity index (χ0v) is 14.7. The number of anilines is 2. The SMILES string of the molecule is COc1ccc(NC(=O)CCNc2cc(Cl)ccc2C)c(OC)c1. The van der Waals surface area contributed by atoms with Gasteiger partial charge in [-0.05, 0) is 36.8 Å². The third kappa shape index (κ3) is 4.80. The van der Waals surface area contributed by atoms with E-state index in [1.165, 1.54) is 0 Å². The molecular weight excluding hydrogens is 328 g/mol. The highest BCUT2D eigenvalue weighted by molar-refractivity contribution is 6.30. The molecule has 0 spiro atoms. The van der Waals surface area contributed by atoms with Gasteiger partial charge in [-0.2, -0.15) is 0 Å². The Morgan fingerprint density at radius 2 is 1.88 bits per heavy atom. The molecule has 0 radical (unpaired) electrons. The summed E-state index contributed by atoms with van der Waals surface area (Å²) >= 11 is 5.98. The van der Waals surface area contributed by atoms with E-state index < -0.39 is 0 Å². The molecule has 0 heterocycles. The van der Waals surface area contributed by atoms with Gasteiger partial charge in [-0.1, -0.05) is 17.7 Å². The molecule has 24 heavy (non-hydrogen) atoms. The number of carbonyl (C=O) groups is 1. The second kappa shape index (κ2) is 8.45. The van der Waals surface area contributed by atoms with Gasteiger partial charge in [0, 0.05) is 29.7 Å². The van der Waals surface area contributed by atoms with Crippen molar-refractivity contribution in [2.45, 2.75) is 13.3 Å². The number of amides is 1. The van der Waals surface area contributed by atoms with Crippen LogP contribution in [-0.2, 0) is 4.79 Å². The maximum atomic E-state index is 12.1. The third-order valence-corrected chi connectivity index (χ3v) is 3.79. The van der Waals surface area contributed by atoms with Crippen LogP contribution in [0.1, 0.15) is 12.0 Å². The Bertz CT molecular complexity index is 719. The lowest BCUT2D eigenvalue weighted by atomic mass is 10.2. The van der Waals surface area contributed by atoms with Crippen molar-refractivity contribution in [1.29, 1.82) is 0 Å². The van der Waals surface area contributed by atoms with Gasteiger partial charge in [0.1, 0.15) is 11.5 Å². The van der Waals surface area contributed by atoms with Gasteiger partial charge in [-0.15, -0.1) is 0 Å². The van der Waals surface area contributed by atoms with E-state index in [4.69, 9.17) is 21.1 Å². The lowest BCUT2D eigenvalue weighted by Crippen LogP contribution is -2.17. The Kier molecular flexibility index (Phi) is 6.32. The second-order valence-corrected chi connectivity index (χ2v) is 5.69.